The molecule has 0 bridgehead atoms. The average molecular weight is 1030 g/mol. The van der Waals surface area contributed by atoms with Gasteiger partial charge in [0.05, 0.1) is 80.7 Å². The van der Waals surface area contributed by atoms with Crippen LogP contribution in [0.25, 0.3) is 22.1 Å². The average Bonchev–Trinajstić information content (AvgIpc) is 4.25. The second kappa shape index (κ2) is 21.3. The SMILES string of the molecule is COC(=O)N[C@H](C(=O)N1CCC[C@H]1c1nc2ccc([C@@H]3CC[C@@H](c4ccc5nc([C@@H]6CCCN6C(=O)[C@@H](NC(=O)OC)[C@@H](C)OC)[nH]c5c4)N3c3cc(F)c(N4CC[Si](C)(C)CC4)c(F)c3)cc2[nH]1)[C@@H](C)OC. The lowest BCUT2D eigenvalue weighted by molar-refractivity contribution is -0.138. The topological polar surface area (TPSA) is 200 Å². The van der Waals surface area contributed by atoms with Gasteiger partial charge in [-0.3, -0.25) is 9.59 Å². The Bertz CT molecular complexity index is 2680. The fourth-order valence-corrected chi connectivity index (χ4v) is 13.4. The van der Waals surface area contributed by atoms with E-state index in [4.69, 9.17) is 28.9 Å². The number of nitrogens with one attached hydrogen (secondary N) is 4. The zero-order valence-corrected chi connectivity index (χ0v) is 43.9. The third-order valence-electron chi connectivity index (χ3n) is 15.8. The van der Waals surface area contributed by atoms with Gasteiger partial charge in [0.2, 0.25) is 11.8 Å². The molecule has 18 nitrogen and oxygen atoms in total. The second-order valence-corrected chi connectivity index (χ2v) is 26.0. The summed E-state index contributed by atoms with van der Waals surface area (Å²) < 4.78 is 53.9. The van der Waals surface area contributed by atoms with Crippen LogP contribution in [-0.2, 0) is 28.5 Å². The maximum atomic E-state index is 16.6. The van der Waals surface area contributed by atoms with Crippen molar-refractivity contribution in [3.05, 3.63) is 82.9 Å². The molecule has 6 heterocycles. The lowest BCUT2D eigenvalue weighted by atomic mass is 10.0. The number of methoxy groups -OCH3 is 4. The quantitative estimate of drug-likeness (QED) is 0.0780. The summed E-state index contributed by atoms with van der Waals surface area (Å²) in [4.78, 5) is 77.0. The molecule has 4 aliphatic rings. The number of hydrogen-bond donors (Lipinski definition) is 4. The predicted molar refractivity (Wildman–Crippen MR) is 274 cm³/mol. The second-order valence-electron chi connectivity index (χ2n) is 20.7. The fourth-order valence-electron chi connectivity index (χ4n) is 11.4. The summed E-state index contributed by atoms with van der Waals surface area (Å²) >= 11 is 0. The maximum Gasteiger partial charge on any atom is 0.407 e. The largest absolute Gasteiger partial charge is 0.453 e. The molecule has 4 amide bonds. The lowest BCUT2D eigenvalue weighted by Crippen LogP contribution is -2.54. The Morgan fingerprint density at radius 2 is 1.08 bits per heavy atom. The van der Waals surface area contributed by atoms with Crippen molar-refractivity contribution in [1.82, 2.24) is 40.4 Å². The van der Waals surface area contributed by atoms with Gasteiger partial charge in [-0.2, -0.15) is 0 Å². The van der Waals surface area contributed by atoms with E-state index >= 15 is 8.78 Å². The molecule has 3 aromatic carbocycles. The number of rotatable bonds is 14. The van der Waals surface area contributed by atoms with E-state index in [0.717, 1.165) is 47.1 Å². The molecule has 9 rings (SSSR count). The molecule has 0 unspecified atom stereocenters. The van der Waals surface area contributed by atoms with E-state index in [-0.39, 0.29) is 41.7 Å². The van der Waals surface area contributed by atoms with Crippen LogP contribution in [0.3, 0.4) is 0 Å². The number of ether oxygens (including phenoxy) is 4. The van der Waals surface area contributed by atoms with Crippen molar-refractivity contribution in [1.29, 1.82) is 0 Å². The molecule has 0 aliphatic carbocycles. The molecule has 5 aromatic rings. The number of carbonyl (C=O) groups excluding carboxylic acids is 4. The Morgan fingerprint density at radius 1 is 0.644 bits per heavy atom. The van der Waals surface area contributed by atoms with Crippen molar-refractivity contribution >= 4 is 65.5 Å². The number of hydrogen-bond acceptors (Lipinski definition) is 12. The van der Waals surface area contributed by atoms with Crippen LogP contribution in [0.4, 0.5) is 29.7 Å². The number of aromatic amines is 2. The van der Waals surface area contributed by atoms with Crippen LogP contribution in [0.5, 0.6) is 0 Å². The number of carbonyl (C=O) groups is 4. The first-order valence-electron chi connectivity index (χ1n) is 25.4. The minimum atomic E-state index is -1.42. The molecule has 8 atom stereocenters. The van der Waals surface area contributed by atoms with Crippen molar-refractivity contribution < 1.29 is 46.9 Å². The molecule has 4 N–H and O–H groups in total. The van der Waals surface area contributed by atoms with Crippen LogP contribution < -0.4 is 20.4 Å². The van der Waals surface area contributed by atoms with Gasteiger partial charge in [-0.1, -0.05) is 25.2 Å². The molecule has 2 aromatic heterocycles. The Kier molecular flexibility index (Phi) is 15.0. The fraction of sp³-hybridized carbons (Fsp3) is 0.538. The highest BCUT2D eigenvalue weighted by Crippen LogP contribution is 2.49. The van der Waals surface area contributed by atoms with E-state index in [1.54, 1.807) is 23.6 Å². The summed E-state index contributed by atoms with van der Waals surface area (Å²) in [6.45, 7) is 10.3. The number of H-pyrrole nitrogens is 2. The van der Waals surface area contributed by atoms with Crippen LogP contribution in [0, 0.1) is 11.6 Å². The Hall–Kier alpha value is -6.32. The number of imidazole rings is 2. The van der Waals surface area contributed by atoms with Gasteiger partial charge in [-0.15, -0.1) is 0 Å². The summed E-state index contributed by atoms with van der Waals surface area (Å²) in [5.74, 6) is -0.565. The van der Waals surface area contributed by atoms with Crippen LogP contribution in [0.2, 0.25) is 25.2 Å². The molecule has 392 valence electrons. The molecule has 4 aliphatic heterocycles. The van der Waals surface area contributed by atoms with Crippen LogP contribution in [0.1, 0.15) is 99.3 Å². The van der Waals surface area contributed by atoms with Gasteiger partial charge in [0.15, 0.2) is 11.6 Å². The molecule has 0 saturated carbocycles. The third-order valence-corrected chi connectivity index (χ3v) is 18.9. The Morgan fingerprint density at radius 3 is 1.49 bits per heavy atom. The molecule has 73 heavy (non-hydrogen) atoms. The maximum absolute atomic E-state index is 16.6. The molecule has 4 fully saturated rings. The molecule has 0 radical (unpaired) electrons. The zero-order valence-electron chi connectivity index (χ0n) is 42.9. The van der Waals surface area contributed by atoms with Gasteiger partial charge in [-0.25, -0.2) is 28.3 Å². The Labute approximate surface area is 424 Å². The number of fused-ring (bicyclic) bond motifs is 2. The van der Waals surface area contributed by atoms with Gasteiger partial charge in [0.25, 0.3) is 0 Å². The van der Waals surface area contributed by atoms with Crippen molar-refractivity contribution in [3.8, 4) is 0 Å². The monoisotopic (exact) mass is 1030 g/mol. The summed E-state index contributed by atoms with van der Waals surface area (Å²) in [5.41, 5.74) is 5.21. The summed E-state index contributed by atoms with van der Waals surface area (Å²) in [5, 5.41) is 5.28. The summed E-state index contributed by atoms with van der Waals surface area (Å²) in [7, 11) is 4.03. The van der Waals surface area contributed by atoms with Gasteiger partial charge in [0.1, 0.15) is 29.4 Å². The zero-order chi connectivity index (χ0) is 51.9. The molecule has 4 saturated heterocycles. The van der Waals surface area contributed by atoms with E-state index in [0.29, 0.717) is 80.2 Å². The number of likely N-dealkylation sites (tertiary alicyclic amines) is 2. The highest BCUT2D eigenvalue weighted by Gasteiger charge is 2.42. The van der Waals surface area contributed by atoms with Gasteiger partial charge in [-0.05, 0) is 112 Å². The first-order valence-corrected chi connectivity index (χ1v) is 28.8. The minimum Gasteiger partial charge on any atom is -0.453 e. The van der Waals surface area contributed by atoms with Crippen molar-refractivity contribution in [3.63, 3.8) is 0 Å². The lowest BCUT2D eigenvalue weighted by Gasteiger charge is -2.38. The van der Waals surface area contributed by atoms with Crippen molar-refractivity contribution in [2.24, 2.45) is 0 Å². The molecule has 21 heteroatoms. The van der Waals surface area contributed by atoms with E-state index in [9.17, 15) is 19.2 Å². The van der Waals surface area contributed by atoms with E-state index in [1.165, 1.54) is 40.6 Å². The predicted octanol–water partition coefficient (Wildman–Crippen LogP) is 8.17. The smallest absolute Gasteiger partial charge is 0.407 e. The Balaban J connectivity index is 1.04. The van der Waals surface area contributed by atoms with Crippen LogP contribution in [0.15, 0.2) is 48.5 Å². The van der Waals surface area contributed by atoms with E-state index in [2.05, 4.69) is 38.6 Å². The normalized spacial score (nSPS) is 22.7. The number of benzene rings is 3. The minimum absolute atomic E-state index is 0.0189. The van der Waals surface area contributed by atoms with Crippen LogP contribution >= 0.6 is 0 Å². The van der Waals surface area contributed by atoms with E-state index < -0.39 is 56.2 Å². The highest BCUT2D eigenvalue weighted by atomic mass is 28.3. The molecular weight excluding hydrogens is 959 g/mol. The summed E-state index contributed by atoms with van der Waals surface area (Å²) in [6.07, 6.45) is 1.42. The van der Waals surface area contributed by atoms with Crippen molar-refractivity contribution in [2.75, 3.05) is 64.4 Å². The molecular formula is C52H68F2N10O8Si. The van der Waals surface area contributed by atoms with Gasteiger partial charge in [0, 0.05) is 46.1 Å². The third kappa shape index (κ3) is 10.3. The standard InChI is InChI=1S/C52H68F2N10O8Si/c1-29(69-3)44(59-51(67)71-5)49(65)62-19-9-11-42(62)47-55-36-15-13-31(25-38(36)57-47)40-17-18-41(64(40)33-27-34(53)46(35(54)28-33)61-21-23-73(7,8)24-22-61)32-14-16-37-39(26-32)58-48(56-37)43-12-10-20-63(43)50(66)45(30(2)70-4)60-52(68)72-6/h13-16,25-30,40-45H,9-12,17-24H2,1-8H3,(H,55,57)(H,56,58)(H,59,67)(H,60,68)/t29-,30-,40+,41+,42+,43+,44+,45+/m1/s1. The number of anilines is 2. The first-order chi connectivity index (χ1) is 35.0. The van der Waals surface area contributed by atoms with E-state index in [1.807, 2.05) is 41.3 Å². The van der Waals surface area contributed by atoms with Gasteiger partial charge >= 0.3 is 12.2 Å². The van der Waals surface area contributed by atoms with Crippen LogP contribution in [-0.4, -0.2) is 141 Å². The number of amides is 4. The highest BCUT2D eigenvalue weighted by molar-refractivity contribution is 6.77. The number of aromatic nitrogens is 4. The number of halogens is 2. The number of alkyl carbamates (subject to hydrolysis) is 2. The molecule has 0 spiro atoms. The first kappa shape index (κ1) is 51.6. The summed E-state index contributed by atoms with van der Waals surface area (Å²) in [6, 6.07) is 13.6. The van der Waals surface area contributed by atoms with Gasteiger partial charge < -0.3 is 59.1 Å². The number of nitrogens with zero attached hydrogens (tertiary/aromatic N) is 6. The van der Waals surface area contributed by atoms with Crippen molar-refractivity contribution in [2.45, 2.75) is 126 Å².